The molecule has 0 heterocycles. The molecule has 92 valence electrons. The maximum absolute atomic E-state index is 12.3. The molecule has 3 nitrogen and oxygen atoms in total. The van der Waals surface area contributed by atoms with E-state index < -0.39 is 5.41 Å². The summed E-state index contributed by atoms with van der Waals surface area (Å²) < 4.78 is 0. The Balaban J connectivity index is 2.25. The molecule has 1 aliphatic rings. The third kappa shape index (κ3) is 2.07. The highest BCUT2D eigenvalue weighted by molar-refractivity contribution is 5.99. The van der Waals surface area contributed by atoms with Gasteiger partial charge in [0.1, 0.15) is 0 Å². The highest BCUT2D eigenvalue weighted by Gasteiger charge is 2.50. The quantitative estimate of drug-likeness (QED) is 0.868. The van der Waals surface area contributed by atoms with Crippen LogP contribution in [0.25, 0.3) is 0 Å². The number of aliphatic hydroxyl groups is 1. The Morgan fingerprint density at radius 3 is 2.53 bits per heavy atom. The fourth-order valence-corrected chi connectivity index (χ4v) is 2.24. The minimum atomic E-state index is -0.494. The summed E-state index contributed by atoms with van der Waals surface area (Å²) in [5, 5.41) is 9.29. The van der Waals surface area contributed by atoms with Crippen molar-refractivity contribution in [3.8, 4) is 0 Å². The second-order valence-electron chi connectivity index (χ2n) is 5.09. The predicted molar refractivity (Wildman–Crippen MR) is 68.1 cm³/mol. The molecule has 17 heavy (non-hydrogen) atoms. The molecule has 0 atom stereocenters. The monoisotopic (exact) mass is 233 g/mol. The number of benzene rings is 1. The van der Waals surface area contributed by atoms with E-state index in [0.29, 0.717) is 0 Å². The average molecular weight is 233 g/mol. The first-order chi connectivity index (χ1) is 8.00. The zero-order chi connectivity index (χ0) is 12.6. The summed E-state index contributed by atoms with van der Waals surface area (Å²) in [5.41, 5.74) is 2.72. The van der Waals surface area contributed by atoms with E-state index in [1.54, 1.807) is 11.9 Å². The molecule has 0 saturated heterocycles. The molecule has 1 aromatic carbocycles. The Kier molecular flexibility index (Phi) is 2.96. The number of aryl methyl sites for hydroxylation is 2. The molecule has 3 heteroatoms. The Morgan fingerprint density at radius 2 is 2.06 bits per heavy atom. The van der Waals surface area contributed by atoms with Gasteiger partial charge < -0.3 is 10.0 Å². The lowest BCUT2D eigenvalue weighted by Crippen LogP contribution is -2.36. The van der Waals surface area contributed by atoms with Crippen molar-refractivity contribution < 1.29 is 9.90 Å². The predicted octanol–water partition coefficient (Wildman–Crippen LogP) is 2.04. The molecule has 0 bridgehead atoms. The lowest BCUT2D eigenvalue weighted by Gasteiger charge is -2.24. The van der Waals surface area contributed by atoms with Gasteiger partial charge in [-0.25, -0.2) is 0 Å². The maximum atomic E-state index is 12.3. The Hall–Kier alpha value is -1.35. The van der Waals surface area contributed by atoms with E-state index in [-0.39, 0.29) is 12.5 Å². The van der Waals surface area contributed by atoms with Gasteiger partial charge in [-0.1, -0.05) is 17.7 Å². The second-order valence-corrected chi connectivity index (χ2v) is 5.09. The SMILES string of the molecule is Cc1ccc(N(C)C(=O)C2(CO)CC2)c(C)c1. The molecular weight excluding hydrogens is 214 g/mol. The van der Waals surface area contributed by atoms with Crippen LogP contribution in [0.15, 0.2) is 18.2 Å². The molecule has 0 aliphatic heterocycles. The number of anilines is 1. The van der Waals surface area contributed by atoms with Crippen molar-refractivity contribution in [2.24, 2.45) is 5.41 Å². The Bertz CT molecular complexity index is 450. The molecule has 1 aromatic rings. The van der Waals surface area contributed by atoms with Crippen molar-refractivity contribution in [1.82, 2.24) is 0 Å². The fourth-order valence-electron chi connectivity index (χ4n) is 2.24. The number of hydrogen-bond acceptors (Lipinski definition) is 2. The molecule has 1 saturated carbocycles. The molecule has 0 radical (unpaired) electrons. The zero-order valence-electron chi connectivity index (χ0n) is 10.7. The van der Waals surface area contributed by atoms with Crippen molar-refractivity contribution in [3.05, 3.63) is 29.3 Å². The number of aliphatic hydroxyl groups excluding tert-OH is 1. The van der Waals surface area contributed by atoms with E-state index in [4.69, 9.17) is 0 Å². The van der Waals surface area contributed by atoms with Crippen LogP contribution in [-0.2, 0) is 4.79 Å². The van der Waals surface area contributed by atoms with Crippen LogP contribution >= 0.6 is 0 Å². The first kappa shape index (κ1) is 12.1. The molecule has 0 aromatic heterocycles. The summed E-state index contributed by atoms with van der Waals surface area (Å²) in [6, 6.07) is 6.04. The van der Waals surface area contributed by atoms with Crippen molar-refractivity contribution in [3.63, 3.8) is 0 Å². The Morgan fingerprint density at radius 1 is 1.41 bits per heavy atom. The summed E-state index contributed by atoms with van der Waals surface area (Å²) in [4.78, 5) is 13.9. The number of carbonyl (C=O) groups is 1. The molecule has 1 amide bonds. The molecule has 0 spiro atoms. The minimum Gasteiger partial charge on any atom is -0.395 e. The van der Waals surface area contributed by atoms with E-state index in [1.165, 1.54) is 5.56 Å². The first-order valence-corrected chi connectivity index (χ1v) is 5.96. The van der Waals surface area contributed by atoms with E-state index in [1.807, 2.05) is 26.0 Å². The van der Waals surface area contributed by atoms with Crippen LogP contribution in [0.2, 0.25) is 0 Å². The topological polar surface area (TPSA) is 40.5 Å². The fraction of sp³-hybridized carbons (Fsp3) is 0.500. The van der Waals surface area contributed by atoms with Gasteiger partial charge in [0.25, 0.3) is 0 Å². The molecule has 2 rings (SSSR count). The van der Waals surface area contributed by atoms with Crippen LogP contribution in [0.4, 0.5) is 5.69 Å². The van der Waals surface area contributed by atoms with Crippen LogP contribution in [0.1, 0.15) is 24.0 Å². The van der Waals surface area contributed by atoms with Gasteiger partial charge in [0.05, 0.1) is 12.0 Å². The van der Waals surface area contributed by atoms with Gasteiger partial charge in [-0.15, -0.1) is 0 Å². The Labute approximate surface area is 102 Å². The normalized spacial score (nSPS) is 16.7. The van der Waals surface area contributed by atoms with Gasteiger partial charge >= 0.3 is 0 Å². The van der Waals surface area contributed by atoms with Crippen molar-refractivity contribution >= 4 is 11.6 Å². The van der Waals surface area contributed by atoms with Gasteiger partial charge in [-0.2, -0.15) is 0 Å². The van der Waals surface area contributed by atoms with Crippen LogP contribution in [0, 0.1) is 19.3 Å². The molecule has 1 N–H and O–H groups in total. The summed E-state index contributed by atoms with van der Waals surface area (Å²) >= 11 is 0. The van der Waals surface area contributed by atoms with E-state index >= 15 is 0 Å². The van der Waals surface area contributed by atoms with Gasteiger partial charge in [0.15, 0.2) is 0 Å². The van der Waals surface area contributed by atoms with Crippen LogP contribution in [0.5, 0.6) is 0 Å². The highest BCUT2D eigenvalue weighted by Crippen LogP contribution is 2.47. The average Bonchev–Trinajstić information content (AvgIpc) is 3.08. The van der Waals surface area contributed by atoms with E-state index in [9.17, 15) is 9.90 Å². The number of hydrogen-bond donors (Lipinski definition) is 1. The molecule has 1 fully saturated rings. The van der Waals surface area contributed by atoms with Crippen molar-refractivity contribution in [2.75, 3.05) is 18.6 Å². The maximum Gasteiger partial charge on any atom is 0.235 e. The number of amides is 1. The second kappa shape index (κ2) is 4.15. The summed E-state index contributed by atoms with van der Waals surface area (Å²) in [6.07, 6.45) is 1.61. The van der Waals surface area contributed by atoms with Gasteiger partial charge in [0.2, 0.25) is 5.91 Å². The van der Waals surface area contributed by atoms with Crippen LogP contribution in [-0.4, -0.2) is 24.7 Å². The van der Waals surface area contributed by atoms with Gasteiger partial charge in [0, 0.05) is 12.7 Å². The van der Waals surface area contributed by atoms with Gasteiger partial charge in [-0.05, 0) is 38.3 Å². The number of nitrogens with zero attached hydrogens (tertiary/aromatic N) is 1. The smallest absolute Gasteiger partial charge is 0.235 e. The largest absolute Gasteiger partial charge is 0.395 e. The number of carbonyl (C=O) groups excluding carboxylic acids is 1. The third-order valence-corrected chi connectivity index (χ3v) is 3.63. The van der Waals surface area contributed by atoms with Crippen LogP contribution < -0.4 is 4.90 Å². The summed E-state index contributed by atoms with van der Waals surface area (Å²) in [5.74, 6) is 0.0342. The summed E-state index contributed by atoms with van der Waals surface area (Å²) in [7, 11) is 1.79. The van der Waals surface area contributed by atoms with E-state index in [0.717, 1.165) is 24.1 Å². The van der Waals surface area contributed by atoms with Gasteiger partial charge in [-0.3, -0.25) is 4.79 Å². The summed E-state index contributed by atoms with van der Waals surface area (Å²) in [6.45, 7) is 4.00. The third-order valence-electron chi connectivity index (χ3n) is 3.63. The first-order valence-electron chi connectivity index (χ1n) is 5.96. The van der Waals surface area contributed by atoms with E-state index in [2.05, 4.69) is 6.07 Å². The standard InChI is InChI=1S/C14H19NO2/c1-10-4-5-12(11(2)8-10)15(3)13(17)14(9-16)6-7-14/h4-5,8,16H,6-7,9H2,1-3H3. The molecule has 0 unspecified atom stereocenters. The lowest BCUT2D eigenvalue weighted by atomic mass is 10.0. The number of rotatable bonds is 3. The van der Waals surface area contributed by atoms with Crippen molar-refractivity contribution in [2.45, 2.75) is 26.7 Å². The molecular formula is C14H19NO2. The minimum absolute atomic E-state index is 0.0342. The lowest BCUT2D eigenvalue weighted by molar-refractivity contribution is -0.124. The van der Waals surface area contributed by atoms with Crippen LogP contribution in [0.3, 0.4) is 0 Å². The molecule has 1 aliphatic carbocycles. The zero-order valence-corrected chi connectivity index (χ0v) is 10.7. The van der Waals surface area contributed by atoms with Crippen molar-refractivity contribution in [1.29, 1.82) is 0 Å². The highest BCUT2D eigenvalue weighted by atomic mass is 16.3.